The number of alkyl halides is 2. The summed E-state index contributed by atoms with van der Waals surface area (Å²) in [6, 6.07) is 10.9. The van der Waals surface area contributed by atoms with Crippen LogP contribution in [0.1, 0.15) is 11.1 Å². The summed E-state index contributed by atoms with van der Waals surface area (Å²) in [5.74, 6) is 0.345. The lowest BCUT2D eigenvalue weighted by atomic mass is 10.1. The number of nitrogens with zero attached hydrogens (tertiary/aromatic N) is 1. The highest BCUT2D eigenvalue weighted by atomic mass is 19.3. The second-order valence-corrected chi connectivity index (χ2v) is 5.36. The van der Waals surface area contributed by atoms with Crippen molar-refractivity contribution in [1.29, 1.82) is 0 Å². The molecule has 140 valence electrons. The van der Waals surface area contributed by atoms with E-state index in [4.69, 9.17) is 14.2 Å². The zero-order chi connectivity index (χ0) is 19.4. The normalized spacial score (nSPS) is 14.9. The van der Waals surface area contributed by atoms with Crippen molar-refractivity contribution in [3.63, 3.8) is 0 Å². The fourth-order valence-corrected chi connectivity index (χ4v) is 2.44. The summed E-state index contributed by atoms with van der Waals surface area (Å²) in [5, 5.41) is 0. The minimum absolute atomic E-state index is 0.00597. The molecule has 0 atom stereocenters. The van der Waals surface area contributed by atoms with Gasteiger partial charge in [-0.25, -0.2) is 9.79 Å². The molecule has 1 heterocycles. The first kappa shape index (κ1) is 18.4. The van der Waals surface area contributed by atoms with Gasteiger partial charge in [-0.1, -0.05) is 12.1 Å². The number of esters is 1. The molecule has 1 aliphatic rings. The first-order valence-corrected chi connectivity index (χ1v) is 7.80. The van der Waals surface area contributed by atoms with E-state index in [0.717, 1.165) is 0 Å². The molecule has 0 saturated carbocycles. The quantitative estimate of drug-likeness (QED) is 0.570. The molecular weight excluding hydrogens is 360 g/mol. The van der Waals surface area contributed by atoms with Crippen LogP contribution < -0.4 is 14.2 Å². The highest BCUT2D eigenvalue weighted by molar-refractivity contribution is 6.13. The van der Waals surface area contributed by atoms with Gasteiger partial charge in [0.1, 0.15) is 5.75 Å². The Labute approximate surface area is 153 Å². The zero-order valence-electron chi connectivity index (χ0n) is 14.4. The molecule has 8 heteroatoms. The maximum atomic E-state index is 12.3. The van der Waals surface area contributed by atoms with Crippen molar-refractivity contribution in [2.75, 3.05) is 14.2 Å². The number of carbonyl (C=O) groups is 1. The van der Waals surface area contributed by atoms with Crippen LogP contribution in [-0.2, 0) is 9.53 Å². The second-order valence-electron chi connectivity index (χ2n) is 5.36. The lowest BCUT2D eigenvalue weighted by Crippen LogP contribution is -2.07. The molecule has 0 aliphatic carbocycles. The highest BCUT2D eigenvalue weighted by Gasteiger charge is 2.24. The number of rotatable bonds is 6. The van der Waals surface area contributed by atoms with Crippen molar-refractivity contribution in [2.45, 2.75) is 6.61 Å². The average Bonchev–Trinajstić information content (AvgIpc) is 3.02. The van der Waals surface area contributed by atoms with Crippen LogP contribution in [-0.4, -0.2) is 32.7 Å². The standard InChI is InChI=1S/C19H15F2NO5/c1-24-15-7-6-11(9-16(15)25-2)8-14-18(23)27-17(22-14)12-4-3-5-13(10-12)26-19(20)21/h3-10,19H,1-2H3. The third-order valence-electron chi connectivity index (χ3n) is 3.64. The molecular formula is C19H15F2NO5. The van der Waals surface area contributed by atoms with Crippen LogP contribution in [0.2, 0.25) is 0 Å². The van der Waals surface area contributed by atoms with Crippen LogP contribution >= 0.6 is 0 Å². The summed E-state index contributed by atoms with van der Waals surface area (Å²) in [5.41, 5.74) is 1.06. The van der Waals surface area contributed by atoms with E-state index >= 15 is 0 Å². The van der Waals surface area contributed by atoms with E-state index in [-0.39, 0.29) is 17.3 Å². The Morgan fingerprint density at radius 3 is 2.56 bits per heavy atom. The van der Waals surface area contributed by atoms with Gasteiger partial charge in [0.25, 0.3) is 0 Å². The average molecular weight is 375 g/mol. The van der Waals surface area contributed by atoms with Crippen molar-refractivity contribution in [2.24, 2.45) is 4.99 Å². The highest BCUT2D eigenvalue weighted by Crippen LogP contribution is 2.29. The van der Waals surface area contributed by atoms with Gasteiger partial charge in [-0.05, 0) is 42.0 Å². The molecule has 0 radical (unpaired) electrons. The number of carbonyl (C=O) groups excluding carboxylic acids is 1. The van der Waals surface area contributed by atoms with E-state index in [2.05, 4.69) is 9.73 Å². The smallest absolute Gasteiger partial charge is 0.387 e. The Hall–Kier alpha value is -3.42. The van der Waals surface area contributed by atoms with Crippen LogP contribution in [0.3, 0.4) is 0 Å². The van der Waals surface area contributed by atoms with E-state index in [9.17, 15) is 13.6 Å². The maximum Gasteiger partial charge on any atom is 0.387 e. The van der Waals surface area contributed by atoms with Gasteiger partial charge in [-0.15, -0.1) is 0 Å². The Balaban J connectivity index is 1.89. The molecule has 0 unspecified atom stereocenters. The minimum Gasteiger partial charge on any atom is -0.493 e. The van der Waals surface area contributed by atoms with Crippen molar-refractivity contribution < 1.29 is 32.5 Å². The molecule has 0 aromatic heterocycles. The number of cyclic esters (lactones) is 1. The lowest BCUT2D eigenvalue weighted by molar-refractivity contribution is -0.129. The Morgan fingerprint density at radius 1 is 1.07 bits per heavy atom. The van der Waals surface area contributed by atoms with Gasteiger partial charge in [0, 0.05) is 5.56 Å². The summed E-state index contributed by atoms with van der Waals surface area (Å²) >= 11 is 0. The van der Waals surface area contributed by atoms with Crippen LogP contribution in [0.25, 0.3) is 6.08 Å². The van der Waals surface area contributed by atoms with Gasteiger partial charge in [-0.3, -0.25) is 0 Å². The second kappa shape index (κ2) is 7.86. The van der Waals surface area contributed by atoms with Gasteiger partial charge in [0.05, 0.1) is 14.2 Å². The number of methoxy groups -OCH3 is 2. The molecule has 3 rings (SSSR count). The van der Waals surface area contributed by atoms with E-state index in [1.54, 1.807) is 24.3 Å². The topological polar surface area (TPSA) is 66.3 Å². The van der Waals surface area contributed by atoms with Crippen molar-refractivity contribution in [3.05, 3.63) is 59.3 Å². The first-order chi connectivity index (χ1) is 13.0. The Bertz CT molecular complexity index is 924. The van der Waals surface area contributed by atoms with Crippen molar-refractivity contribution in [1.82, 2.24) is 0 Å². The maximum absolute atomic E-state index is 12.3. The van der Waals surface area contributed by atoms with Crippen molar-refractivity contribution >= 4 is 17.9 Å². The van der Waals surface area contributed by atoms with Gasteiger partial charge in [0.15, 0.2) is 17.2 Å². The molecule has 0 spiro atoms. The first-order valence-electron chi connectivity index (χ1n) is 7.80. The van der Waals surface area contributed by atoms with E-state index in [1.807, 2.05) is 0 Å². The number of hydrogen-bond acceptors (Lipinski definition) is 6. The minimum atomic E-state index is -2.95. The van der Waals surface area contributed by atoms with Gasteiger partial charge in [-0.2, -0.15) is 8.78 Å². The fraction of sp³-hybridized carbons (Fsp3) is 0.158. The summed E-state index contributed by atoms with van der Waals surface area (Å²) < 4.78 is 44.6. The number of aliphatic imine (C=N–C) groups is 1. The van der Waals surface area contributed by atoms with Gasteiger partial charge in [0.2, 0.25) is 5.90 Å². The number of benzene rings is 2. The van der Waals surface area contributed by atoms with Crippen LogP contribution in [0.4, 0.5) is 8.78 Å². The summed E-state index contributed by atoms with van der Waals surface area (Å²) in [6.45, 7) is -2.95. The molecule has 2 aromatic rings. The van der Waals surface area contributed by atoms with Gasteiger partial charge >= 0.3 is 12.6 Å². The Morgan fingerprint density at radius 2 is 1.85 bits per heavy atom. The third kappa shape index (κ3) is 4.22. The third-order valence-corrected chi connectivity index (χ3v) is 3.64. The van der Waals surface area contributed by atoms with Crippen LogP contribution in [0.15, 0.2) is 53.2 Å². The molecule has 1 aliphatic heterocycles. The molecule has 0 fully saturated rings. The summed E-state index contributed by atoms with van der Waals surface area (Å²) in [4.78, 5) is 16.2. The van der Waals surface area contributed by atoms with E-state index in [0.29, 0.717) is 22.6 Å². The van der Waals surface area contributed by atoms with Gasteiger partial charge < -0.3 is 18.9 Å². The number of hydrogen-bond donors (Lipinski definition) is 0. The SMILES string of the molecule is COc1ccc(C=C2N=C(c3cccc(OC(F)F)c3)OC2=O)cc1OC. The molecule has 0 saturated heterocycles. The molecule has 2 aromatic carbocycles. The molecule has 0 bridgehead atoms. The van der Waals surface area contributed by atoms with Crippen LogP contribution in [0.5, 0.6) is 17.2 Å². The molecule has 27 heavy (non-hydrogen) atoms. The van der Waals surface area contributed by atoms with Crippen LogP contribution in [0, 0.1) is 0 Å². The van der Waals surface area contributed by atoms with E-state index in [1.165, 1.54) is 38.5 Å². The Kier molecular flexibility index (Phi) is 5.35. The molecule has 6 nitrogen and oxygen atoms in total. The van der Waals surface area contributed by atoms with E-state index < -0.39 is 12.6 Å². The zero-order valence-corrected chi connectivity index (χ0v) is 14.4. The predicted molar refractivity (Wildman–Crippen MR) is 93.2 cm³/mol. The largest absolute Gasteiger partial charge is 0.493 e. The van der Waals surface area contributed by atoms with Crippen molar-refractivity contribution in [3.8, 4) is 17.2 Å². The monoisotopic (exact) mass is 375 g/mol. The summed E-state index contributed by atoms with van der Waals surface area (Å²) in [7, 11) is 3.02. The number of ether oxygens (including phenoxy) is 4. The number of halogens is 2. The fourth-order valence-electron chi connectivity index (χ4n) is 2.44. The molecule has 0 N–H and O–H groups in total. The lowest BCUT2D eigenvalue weighted by Gasteiger charge is -2.07. The molecule has 0 amide bonds. The predicted octanol–water partition coefficient (Wildman–Crippen LogP) is 3.65. The summed E-state index contributed by atoms with van der Waals surface area (Å²) in [6.07, 6.45) is 1.52.